The fourth-order valence-electron chi connectivity index (χ4n) is 7.89. The highest BCUT2D eigenvalue weighted by Crippen LogP contribution is 2.26. The molecule has 88 heavy (non-hydrogen) atoms. The molecule has 1 heterocycles. The third-order valence-electron chi connectivity index (χ3n) is 12.9. The van der Waals surface area contributed by atoms with Crippen LogP contribution in [0.15, 0.2) is 24.3 Å². The zero-order valence-corrected chi connectivity index (χ0v) is 51.6. The van der Waals surface area contributed by atoms with Crippen LogP contribution in [0.2, 0.25) is 0 Å². The molecule has 1 fully saturated rings. The molecule has 1 aromatic carbocycles. The van der Waals surface area contributed by atoms with Crippen LogP contribution in [0.25, 0.3) is 0 Å². The van der Waals surface area contributed by atoms with Crippen LogP contribution in [-0.2, 0) is 66.9 Å². The molecule has 496 valence electrons. The Hall–Kier alpha value is -7.03. The van der Waals surface area contributed by atoms with Crippen molar-refractivity contribution in [1.29, 1.82) is 0 Å². The molecule has 0 spiro atoms. The van der Waals surface area contributed by atoms with E-state index in [-0.39, 0.29) is 178 Å². The first-order valence-electron chi connectivity index (χ1n) is 30.0. The molecule has 1 aliphatic rings. The van der Waals surface area contributed by atoms with Gasteiger partial charge in [-0.15, -0.1) is 11.8 Å². The van der Waals surface area contributed by atoms with Crippen molar-refractivity contribution in [3.63, 3.8) is 0 Å². The highest BCUT2D eigenvalue weighted by atomic mass is 32.2. The SMILES string of the molecule is CCCNC(=O)c1ccc(OC(=O)OCCOCCNC(=O)CCOCCOCCNC(=O)CCSC2CC(=O)N(CCC(=O)NCCCCCN(O)C(=O)CCC(=O)NCCCCCN(O)C(=O)CCC(=O)NCCCCCN(O)C(C)=O)C2=O)cc1. The summed E-state index contributed by atoms with van der Waals surface area (Å²) in [7, 11) is 0. The molecule has 0 bridgehead atoms. The number of nitrogens with one attached hydrogen (secondary N) is 6. The fraction of sp³-hybridized carbons (Fsp3) is 0.684. The summed E-state index contributed by atoms with van der Waals surface area (Å²) >= 11 is 1.20. The number of ether oxygens (including phenoxy) is 5. The van der Waals surface area contributed by atoms with Gasteiger partial charge in [0.1, 0.15) is 12.4 Å². The van der Waals surface area contributed by atoms with E-state index in [1.165, 1.54) is 43.0 Å². The molecule has 1 atom stereocenters. The molecule has 1 unspecified atom stereocenters. The quantitative estimate of drug-likeness (QED) is 0.0112. The number of benzene rings is 1. The van der Waals surface area contributed by atoms with E-state index in [1.54, 1.807) is 0 Å². The lowest BCUT2D eigenvalue weighted by molar-refractivity contribution is -0.166. The average molecular weight is 1270 g/mol. The van der Waals surface area contributed by atoms with Gasteiger partial charge in [0.15, 0.2) is 0 Å². The number of likely N-dealkylation sites (tertiary alicyclic amines) is 1. The molecule has 1 aliphatic heterocycles. The molecule has 11 amide bonds. The average Bonchev–Trinajstić information content (AvgIpc) is 4.08. The van der Waals surface area contributed by atoms with Crippen molar-refractivity contribution in [3.8, 4) is 5.75 Å². The van der Waals surface area contributed by atoms with Gasteiger partial charge in [-0.1, -0.05) is 6.92 Å². The van der Waals surface area contributed by atoms with Crippen LogP contribution in [0.5, 0.6) is 5.75 Å². The Labute approximate surface area is 517 Å². The lowest BCUT2D eigenvalue weighted by Gasteiger charge is -2.15. The number of carbonyl (C=O) groups is 12. The number of amides is 11. The summed E-state index contributed by atoms with van der Waals surface area (Å²) < 4.78 is 26.3. The van der Waals surface area contributed by atoms with Crippen LogP contribution in [0.1, 0.15) is 140 Å². The lowest BCUT2D eigenvalue weighted by Crippen LogP contribution is -2.36. The number of hydrogen-bond donors (Lipinski definition) is 9. The summed E-state index contributed by atoms with van der Waals surface area (Å²) in [6.07, 6.45) is 4.42. The minimum absolute atomic E-state index is 0.0270. The fourth-order valence-corrected chi connectivity index (χ4v) is 9.00. The normalized spacial score (nSPS) is 12.6. The van der Waals surface area contributed by atoms with Gasteiger partial charge in [-0.05, 0) is 88.5 Å². The van der Waals surface area contributed by atoms with E-state index in [4.69, 9.17) is 23.7 Å². The molecule has 1 aromatic rings. The van der Waals surface area contributed by atoms with Gasteiger partial charge in [0, 0.05) is 135 Å². The summed E-state index contributed by atoms with van der Waals surface area (Å²) in [5.41, 5.74) is 0.440. The van der Waals surface area contributed by atoms with Crippen LogP contribution in [-0.4, -0.2) is 230 Å². The Bertz CT molecular complexity index is 2320. The molecule has 2 rings (SSSR count). The van der Waals surface area contributed by atoms with E-state index in [9.17, 15) is 73.2 Å². The maximum Gasteiger partial charge on any atom is 0.513 e. The predicted molar refractivity (Wildman–Crippen MR) is 316 cm³/mol. The standard InChI is InChI=1S/C57H92N10O20S/c1-3-24-63-55(77)44-13-15-45(16-14-44)87-57(79)86-40-39-85-36-28-61-50(72)22-34-83-37-38-84-35-29-62-51(73)23-41-88-46-42-54(76)64(56(46)78)33-21-49(71)60-27-9-6-12-32-67(82)53(75)20-18-48(70)59-26-8-5-11-31-66(81)52(74)19-17-47(69)58-25-7-4-10-30-65(80)43(2)68/h13-16,46,80-82H,3-12,17-42H2,1-2H3,(H,58,69)(H,59,70)(H,60,71)(H,61,72)(H,62,73)(H,63,77). The number of imide groups is 1. The van der Waals surface area contributed by atoms with Crippen molar-refractivity contribution in [2.45, 2.75) is 135 Å². The van der Waals surface area contributed by atoms with E-state index in [0.717, 1.165) is 11.3 Å². The van der Waals surface area contributed by atoms with Crippen LogP contribution in [0.3, 0.4) is 0 Å². The van der Waals surface area contributed by atoms with Crippen LogP contribution in [0.4, 0.5) is 4.79 Å². The second-order valence-electron chi connectivity index (χ2n) is 20.1. The Morgan fingerprint density at radius 1 is 0.523 bits per heavy atom. The first-order valence-corrected chi connectivity index (χ1v) is 31.1. The van der Waals surface area contributed by atoms with Crippen LogP contribution >= 0.6 is 11.8 Å². The number of unbranched alkanes of at least 4 members (excludes halogenated alkanes) is 6. The van der Waals surface area contributed by atoms with Crippen molar-refractivity contribution in [3.05, 3.63) is 29.8 Å². The van der Waals surface area contributed by atoms with Gasteiger partial charge in [0.05, 0.1) is 44.9 Å². The zero-order chi connectivity index (χ0) is 64.7. The van der Waals surface area contributed by atoms with Crippen molar-refractivity contribution in [2.75, 3.05) is 117 Å². The highest BCUT2D eigenvalue weighted by Gasteiger charge is 2.38. The summed E-state index contributed by atoms with van der Waals surface area (Å²) in [4.78, 5) is 147. The van der Waals surface area contributed by atoms with Crippen molar-refractivity contribution >= 4 is 82.9 Å². The van der Waals surface area contributed by atoms with E-state index in [2.05, 4.69) is 31.9 Å². The molecule has 31 heteroatoms. The third-order valence-corrected chi connectivity index (χ3v) is 14.1. The Kier molecular flexibility index (Phi) is 42.0. The number of hydroxylamine groups is 6. The second kappa shape index (κ2) is 48.0. The second-order valence-corrected chi connectivity index (χ2v) is 21.4. The summed E-state index contributed by atoms with van der Waals surface area (Å²) in [6.45, 7) is 6.52. The summed E-state index contributed by atoms with van der Waals surface area (Å²) in [5.74, 6) is -3.72. The molecule has 0 aromatic heterocycles. The Balaban J connectivity index is 1.38. The summed E-state index contributed by atoms with van der Waals surface area (Å²) in [5, 5.41) is 46.9. The summed E-state index contributed by atoms with van der Waals surface area (Å²) in [6, 6.07) is 6.05. The largest absolute Gasteiger partial charge is 0.513 e. The number of rotatable bonds is 50. The Morgan fingerprint density at radius 3 is 1.51 bits per heavy atom. The lowest BCUT2D eigenvalue weighted by atomic mass is 10.2. The van der Waals surface area contributed by atoms with Crippen LogP contribution < -0.4 is 36.6 Å². The maximum atomic E-state index is 12.9. The molecule has 30 nitrogen and oxygen atoms in total. The van der Waals surface area contributed by atoms with Crippen molar-refractivity contribution in [2.24, 2.45) is 0 Å². The smallest absolute Gasteiger partial charge is 0.432 e. The minimum atomic E-state index is -0.922. The van der Waals surface area contributed by atoms with Gasteiger partial charge < -0.3 is 55.6 Å². The number of carbonyl (C=O) groups excluding carboxylic acids is 12. The number of thioether (sulfide) groups is 1. The highest BCUT2D eigenvalue weighted by molar-refractivity contribution is 8.00. The monoisotopic (exact) mass is 1270 g/mol. The van der Waals surface area contributed by atoms with Crippen molar-refractivity contribution < 1.29 is 96.8 Å². The van der Waals surface area contributed by atoms with Gasteiger partial charge in [-0.2, -0.15) is 0 Å². The van der Waals surface area contributed by atoms with Gasteiger partial charge in [-0.3, -0.25) is 73.3 Å². The molecule has 0 radical (unpaired) electrons. The van der Waals surface area contributed by atoms with E-state index >= 15 is 0 Å². The number of hydrogen-bond acceptors (Lipinski definition) is 21. The first-order chi connectivity index (χ1) is 42.3. The van der Waals surface area contributed by atoms with E-state index < -0.39 is 40.9 Å². The maximum absolute atomic E-state index is 12.9. The predicted octanol–water partition coefficient (Wildman–Crippen LogP) is 1.75. The van der Waals surface area contributed by atoms with E-state index in [0.29, 0.717) is 110 Å². The molecular formula is C57H92N10O20S. The Morgan fingerprint density at radius 2 is 0.989 bits per heavy atom. The first kappa shape index (κ1) is 77.1. The minimum Gasteiger partial charge on any atom is -0.432 e. The molecule has 0 saturated carbocycles. The van der Waals surface area contributed by atoms with Gasteiger partial charge in [0.2, 0.25) is 59.1 Å². The van der Waals surface area contributed by atoms with Gasteiger partial charge in [-0.25, -0.2) is 20.0 Å². The third kappa shape index (κ3) is 37.6. The van der Waals surface area contributed by atoms with Crippen molar-refractivity contribution in [1.82, 2.24) is 52.0 Å². The van der Waals surface area contributed by atoms with Crippen LogP contribution in [0, 0.1) is 0 Å². The van der Waals surface area contributed by atoms with Gasteiger partial charge >= 0.3 is 6.16 Å². The molecule has 1 saturated heterocycles. The zero-order valence-electron chi connectivity index (χ0n) is 50.8. The number of nitrogens with zero attached hydrogens (tertiary/aromatic N) is 4. The van der Waals surface area contributed by atoms with E-state index in [1.807, 2.05) is 6.92 Å². The van der Waals surface area contributed by atoms with Gasteiger partial charge in [0.25, 0.3) is 5.91 Å². The topological polar surface area (TPSA) is 397 Å². The molecule has 0 aliphatic carbocycles. The molecular weight excluding hydrogens is 1180 g/mol. The molecule has 9 N–H and O–H groups in total.